The van der Waals surface area contributed by atoms with Crippen LogP contribution in [0.15, 0.2) is 18.2 Å². The van der Waals surface area contributed by atoms with Crippen molar-refractivity contribution in [2.45, 2.75) is 58.2 Å². The van der Waals surface area contributed by atoms with Gasteiger partial charge >= 0.3 is 0 Å². The second-order valence-electron chi connectivity index (χ2n) is 6.56. The third kappa shape index (κ3) is 4.94. The maximum Gasteiger partial charge on any atom is 0.240 e. The number of carbonyl (C=O) groups excluding carboxylic acids is 1. The molecule has 1 aliphatic heterocycles. The number of ether oxygens (including phenoxy) is 2. The van der Waals surface area contributed by atoms with Crippen LogP contribution in [0.25, 0.3) is 0 Å². The summed E-state index contributed by atoms with van der Waals surface area (Å²) in [5.41, 5.74) is 7.33. The average molecular weight is 320 g/mol. The van der Waals surface area contributed by atoms with Gasteiger partial charge in [-0.2, -0.15) is 0 Å². The van der Waals surface area contributed by atoms with Crippen molar-refractivity contribution in [3.8, 4) is 5.75 Å². The van der Waals surface area contributed by atoms with Gasteiger partial charge in [-0.25, -0.2) is 0 Å². The maximum atomic E-state index is 12.3. The predicted molar refractivity (Wildman–Crippen MR) is 90.4 cm³/mol. The van der Waals surface area contributed by atoms with Gasteiger partial charge in [0.05, 0.1) is 18.8 Å². The van der Waals surface area contributed by atoms with Crippen molar-refractivity contribution in [2.75, 3.05) is 13.2 Å². The number of benzene rings is 1. The van der Waals surface area contributed by atoms with E-state index in [1.807, 2.05) is 32.0 Å². The lowest BCUT2D eigenvalue weighted by Crippen LogP contribution is -2.51. The Kier molecular flexibility index (Phi) is 6.02. The lowest BCUT2D eigenvalue weighted by molar-refractivity contribution is -0.126. The summed E-state index contributed by atoms with van der Waals surface area (Å²) in [5.74, 6) is 0.685. The van der Waals surface area contributed by atoms with Crippen LogP contribution in [0.3, 0.4) is 0 Å². The van der Waals surface area contributed by atoms with Crippen LogP contribution >= 0.6 is 0 Å². The van der Waals surface area contributed by atoms with Crippen molar-refractivity contribution in [2.24, 2.45) is 5.73 Å². The highest BCUT2D eigenvalue weighted by Gasteiger charge is 2.27. The first-order valence-electron chi connectivity index (χ1n) is 8.33. The van der Waals surface area contributed by atoms with Gasteiger partial charge in [0.15, 0.2) is 0 Å². The van der Waals surface area contributed by atoms with Gasteiger partial charge in [0.2, 0.25) is 5.91 Å². The van der Waals surface area contributed by atoms with Crippen LogP contribution in [-0.4, -0.2) is 30.8 Å². The molecule has 3 N–H and O–H groups in total. The lowest BCUT2D eigenvalue weighted by Gasteiger charge is -2.23. The van der Waals surface area contributed by atoms with Crippen molar-refractivity contribution in [1.29, 1.82) is 0 Å². The van der Waals surface area contributed by atoms with E-state index in [1.54, 1.807) is 6.92 Å². The molecule has 0 aliphatic carbocycles. The third-order valence-corrected chi connectivity index (χ3v) is 4.13. The maximum absolute atomic E-state index is 12.3. The highest BCUT2D eigenvalue weighted by molar-refractivity contribution is 5.85. The van der Waals surface area contributed by atoms with Gasteiger partial charge < -0.3 is 20.5 Å². The van der Waals surface area contributed by atoms with E-state index in [1.165, 1.54) is 0 Å². The van der Waals surface area contributed by atoms with Crippen LogP contribution in [0.1, 0.15) is 44.2 Å². The molecule has 128 valence electrons. The predicted octanol–water partition coefficient (Wildman–Crippen LogP) is 2.30. The molecule has 1 amide bonds. The molecule has 1 aromatic carbocycles. The van der Waals surface area contributed by atoms with Crippen molar-refractivity contribution >= 4 is 5.91 Å². The first-order valence-corrected chi connectivity index (χ1v) is 8.33. The Bertz CT molecular complexity index is 537. The van der Waals surface area contributed by atoms with Gasteiger partial charge in [0, 0.05) is 18.5 Å². The SMILES string of the molecule is CCCC(C)(N)C(=O)NCc1ccc(C)cc1OC1CCOC1. The van der Waals surface area contributed by atoms with Gasteiger partial charge in [0.25, 0.3) is 0 Å². The van der Waals surface area contributed by atoms with E-state index in [9.17, 15) is 4.79 Å². The summed E-state index contributed by atoms with van der Waals surface area (Å²) in [7, 11) is 0. The molecule has 5 heteroatoms. The van der Waals surface area contributed by atoms with E-state index in [0.717, 1.165) is 36.3 Å². The summed E-state index contributed by atoms with van der Waals surface area (Å²) in [6, 6.07) is 6.02. The van der Waals surface area contributed by atoms with E-state index in [2.05, 4.69) is 5.32 Å². The van der Waals surface area contributed by atoms with Crippen LogP contribution in [0.4, 0.5) is 0 Å². The zero-order valence-electron chi connectivity index (χ0n) is 14.4. The highest BCUT2D eigenvalue weighted by atomic mass is 16.5. The molecule has 1 aliphatic rings. The highest BCUT2D eigenvalue weighted by Crippen LogP contribution is 2.24. The number of aryl methyl sites for hydroxylation is 1. The Hall–Kier alpha value is -1.59. The fraction of sp³-hybridized carbons (Fsp3) is 0.611. The summed E-state index contributed by atoms with van der Waals surface area (Å²) in [4.78, 5) is 12.3. The van der Waals surface area contributed by atoms with E-state index >= 15 is 0 Å². The van der Waals surface area contributed by atoms with E-state index in [-0.39, 0.29) is 12.0 Å². The average Bonchev–Trinajstić information content (AvgIpc) is 2.99. The fourth-order valence-corrected chi connectivity index (χ4v) is 2.71. The molecule has 1 aromatic rings. The second kappa shape index (κ2) is 7.79. The molecule has 0 radical (unpaired) electrons. The van der Waals surface area contributed by atoms with Crippen LogP contribution in [0, 0.1) is 6.92 Å². The molecular weight excluding hydrogens is 292 g/mol. The van der Waals surface area contributed by atoms with Gasteiger partial charge in [-0.3, -0.25) is 4.79 Å². The number of nitrogens with one attached hydrogen (secondary N) is 1. The van der Waals surface area contributed by atoms with Crippen LogP contribution in [0.2, 0.25) is 0 Å². The standard InChI is InChI=1S/C18H28N2O3/c1-4-8-18(3,19)17(21)20-11-14-6-5-13(2)10-16(14)23-15-7-9-22-12-15/h5-6,10,15H,4,7-9,11-12,19H2,1-3H3,(H,20,21). The zero-order chi connectivity index (χ0) is 16.9. The number of amides is 1. The quantitative estimate of drug-likeness (QED) is 0.808. The molecule has 2 rings (SSSR count). The molecule has 2 atom stereocenters. The van der Waals surface area contributed by atoms with Crippen molar-refractivity contribution in [3.63, 3.8) is 0 Å². The molecule has 0 aromatic heterocycles. The van der Waals surface area contributed by atoms with Crippen LogP contribution < -0.4 is 15.8 Å². The monoisotopic (exact) mass is 320 g/mol. The van der Waals surface area contributed by atoms with Gasteiger partial charge in [-0.05, 0) is 31.9 Å². The van der Waals surface area contributed by atoms with Crippen molar-refractivity contribution in [1.82, 2.24) is 5.32 Å². The number of rotatable bonds is 7. The number of hydrogen-bond acceptors (Lipinski definition) is 4. The molecule has 0 bridgehead atoms. The molecular formula is C18H28N2O3. The molecule has 0 saturated carbocycles. The van der Waals surface area contributed by atoms with Crippen LogP contribution in [-0.2, 0) is 16.1 Å². The van der Waals surface area contributed by atoms with E-state index < -0.39 is 5.54 Å². The minimum absolute atomic E-state index is 0.0890. The fourth-order valence-electron chi connectivity index (χ4n) is 2.71. The molecule has 1 heterocycles. The molecule has 0 spiro atoms. The Labute approximate surface area is 138 Å². The Morgan fingerprint density at radius 3 is 2.96 bits per heavy atom. The second-order valence-corrected chi connectivity index (χ2v) is 6.56. The Balaban J connectivity index is 2.02. The molecule has 23 heavy (non-hydrogen) atoms. The summed E-state index contributed by atoms with van der Waals surface area (Å²) >= 11 is 0. The molecule has 1 fully saturated rings. The summed E-state index contributed by atoms with van der Waals surface area (Å²) in [6.07, 6.45) is 2.53. The van der Waals surface area contributed by atoms with Crippen molar-refractivity contribution in [3.05, 3.63) is 29.3 Å². The smallest absolute Gasteiger partial charge is 0.240 e. The zero-order valence-corrected chi connectivity index (χ0v) is 14.4. The van der Waals surface area contributed by atoms with E-state index in [0.29, 0.717) is 19.6 Å². The molecule has 1 saturated heterocycles. The third-order valence-electron chi connectivity index (χ3n) is 4.13. The van der Waals surface area contributed by atoms with Gasteiger partial charge in [-0.1, -0.05) is 25.5 Å². The topological polar surface area (TPSA) is 73.6 Å². The lowest BCUT2D eigenvalue weighted by atomic mass is 9.96. The van der Waals surface area contributed by atoms with E-state index in [4.69, 9.17) is 15.2 Å². The number of hydrogen-bond donors (Lipinski definition) is 2. The minimum Gasteiger partial charge on any atom is -0.488 e. The van der Waals surface area contributed by atoms with Gasteiger partial charge in [-0.15, -0.1) is 0 Å². The number of nitrogens with two attached hydrogens (primary N) is 1. The Morgan fingerprint density at radius 1 is 1.52 bits per heavy atom. The molecule has 2 unspecified atom stereocenters. The van der Waals surface area contributed by atoms with Gasteiger partial charge in [0.1, 0.15) is 11.9 Å². The summed E-state index contributed by atoms with van der Waals surface area (Å²) in [6.45, 7) is 7.60. The summed E-state index contributed by atoms with van der Waals surface area (Å²) in [5, 5.41) is 2.93. The first-order chi connectivity index (χ1) is 10.9. The molecule has 5 nitrogen and oxygen atoms in total. The minimum atomic E-state index is -0.834. The van der Waals surface area contributed by atoms with Crippen LogP contribution in [0.5, 0.6) is 5.75 Å². The summed E-state index contributed by atoms with van der Waals surface area (Å²) < 4.78 is 11.4. The number of carbonyl (C=O) groups is 1. The Morgan fingerprint density at radius 2 is 2.30 bits per heavy atom. The first kappa shape index (κ1) is 17.8. The largest absolute Gasteiger partial charge is 0.488 e. The van der Waals surface area contributed by atoms with Crippen molar-refractivity contribution < 1.29 is 14.3 Å². The normalized spacial score (nSPS) is 20.1.